The van der Waals surface area contributed by atoms with Gasteiger partial charge < -0.3 is 19.9 Å². The van der Waals surface area contributed by atoms with Crippen molar-refractivity contribution in [1.82, 2.24) is 19.6 Å². The third kappa shape index (κ3) is 2.49. The molecule has 0 aromatic carbocycles. The van der Waals surface area contributed by atoms with Crippen LogP contribution < -0.4 is 9.80 Å². The zero-order chi connectivity index (χ0) is 16.5. The highest BCUT2D eigenvalue weighted by Crippen LogP contribution is 2.20. The number of aromatic nitrogens is 4. The van der Waals surface area contributed by atoms with Gasteiger partial charge in [-0.3, -0.25) is 4.98 Å². The lowest BCUT2D eigenvalue weighted by atomic mass is 10.2. The topological polar surface area (TPSA) is 92.7 Å². The second kappa shape index (κ2) is 5.76. The van der Waals surface area contributed by atoms with Gasteiger partial charge in [0.05, 0.1) is 0 Å². The second-order valence-corrected chi connectivity index (χ2v) is 5.51. The minimum atomic E-state index is -0.474. The number of fused-ring (bicyclic) bond motifs is 1. The minimum absolute atomic E-state index is 0.123. The Hall–Kier alpha value is -3.23. The van der Waals surface area contributed by atoms with Gasteiger partial charge in [0.1, 0.15) is 6.20 Å². The fraction of sp³-hybridized carbons (Fsp3) is 0.267. The maximum absolute atomic E-state index is 11.0. The van der Waals surface area contributed by atoms with Crippen LogP contribution in [0.25, 0.3) is 5.65 Å². The van der Waals surface area contributed by atoms with Crippen LogP contribution in [-0.4, -0.2) is 50.7 Å². The van der Waals surface area contributed by atoms with Crippen LogP contribution >= 0.6 is 0 Å². The molecule has 4 rings (SSSR count). The third-order valence-corrected chi connectivity index (χ3v) is 4.15. The number of hydrogen-bond donors (Lipinski definition) is 0. The molecule has 1 aliphatic rings. The molecule has 1 saturated heterocycles. The first-order chi connectivity index (χ1) is 11.7. The average Bonchev–Trinajstić information content (AvgIpc) is 3.06. The standard InChI is InChI=1S/C15H15N7O2/c23-22(24)15-11-17-13-1-2-14(18-21(13)15)20-9-7-19(8-10-20)12-3-5-16-6-4-12/h1-6,11H,7-10H2. The Morgan fingerprint density at radius 2 is 1.71 bits per heavy atom. The van der Waals surface area contributed by atoms with Gasteiger partial charge in [-0.05, 0) is 23.1 Å². The van der Waals surface area contributed by atoms with Gasteiger partial charge in [0.15, 0.2) is 5.82 Å². The molecule has 0 unspecified atom stereocenters. The largest absolute Gasteiger partial charge is 0.368 e. The van der Waals surface area contributed by atoms with Gasteiger partial charge in [-0.25, -0.2) is 4.98 Å². The molecule has 24 heavy (non-hydrogen) atoms. The van der Waals surface area contributed by atoms with Crippen molar-refractivity contribution in [3.8, 4) is 0 Å². The number of pyridine rings is 1. The van der Waals surface area contributed by atoms with E-state index in [4.69, 9.17) is 0 Å². The normalized spacial score (nSPS) is 15.0. The van der Waals surface area contributed by atoms with Gasteiger partial charge in [0.25, 0.3) is 0 Å². The summed E-state index contributed by atoms with van der Waals surface area (Å²) in [4.78, 5) is 23.0. The van der Waals surface area contributed by atoms with Crippen LogP contribution in [0.4, 0.5) is 17.3 Å². The molecular formula is C15H15N7O2. The Bertz CT molecular complexity index is 872. The van der Waals surface area contributed by atoms with E-state index in [2.05, 4.69) is 24.9 Å². The number of nitrogens with zero attached hydrogens (tertiary/aromatic N) is 7. The molecule has 0 bridgehead atoms. The molecule has 9 nitrogen and oxygen atoms in total. The number of piperazine rings is 1. The molecule has 4 heterocycles. The van der Waals surface area contributed by atoms with E-state index in [9.17, 15) is 10.1 Å². The summed E-state index contributed by atoms with van der Waals surface area (Å²) in [5.41, 5.74) is 1.62. The Morgan fingerprint density at radius 1 is 1.00 bits per heavy atom. The first-order valence-electron chi connectivity index (χ1n) is 7.61. The highest BCUT2D eigenvalue weighted by Gasteiger charge is 2.22. The average molecular weight is 325 g/mol. The van der Waals surface area contributed by atoms with E-state index >= 15 is 0 Å². The van der Waals surface area contributed by atoms with E-state index < -0.39 is 4.92 Å². The van der Waals surface area contributed by atoms with Gasteiger partial charge >= 0.3 is 5.82 Å². The molecule has 1 aliphatic heterocycles. The number of imidazole rings is 1. The summed E-state index contributed by atoms with van der Waals surface area (Å²) in [5, 5.41) is 15.4. The maximum atomic E-state index is 11.0. The molecule has 122 valence electrons. The summed E-state index contributed by atoms with van der Waals surface area (Å²) >= 11 is 0. The lowest BCUT2D eigenvalue weighted by Crippen LogP contribution is -2.47. The van der Waals surface area contributed by atoms with Crippen molar-refractivity contribution in [1.29, 1.82) is 0 Å². The number of anilines is 2. The van der Waals surface area contributed by atoms with Crippen molar-refractivity contribution in [2.45, 2.75) is 0 Å². The van der Waals surface area contributed by atoms with E-state index in [1.165, 1.54) is 10.7 Å². The third-order valence-electron chi connectivity index (χ3n) is 4.15. The molecule has 3 aromatic rings. The van der Waals surface area contributed by atoms with Crippen LogP contribution in [0, 0.1) is 10.1 Å². The van der Waals surface area contributed by atoms with Crippen molar-refractivity contribution < 1.29 is 4.92 Å². The summed E-state index contributed by atoms with van der Waals surface area (Å²) in [6, 6.07) is 7.60. The van der Waals surface area contributed by atoms with Crippen molar-refractivity contribution in [2.24, 2.45) is 0 Å². The first-order valence-corrected chi connectivity index (χ1v) is 7.61. The van der Waals surface area contributed by atoms with Gasteiger partial charge in [0, 0.05) is 50.3 Å². The predicted octanol–water partition coefficient (Wildman–Crippen LogP) is 1.36. The molecule has 0 aliphatic carbocycles. The van der Waals surface area contributed by atoms with Crippen LogP contribution in [0.15, 0.2) is 42.9 Å². The Kier molecular flexibility index (Phi) is 3.45. The van der Waals surface area contributed by atoms with Crippen LogP contribution in [0.5, 0.6) is 0 Å². The van der Waals surface area contributed by atoms with E-state index in [1.807, 2.05) is 18.2 Å². The first kappa shape index (κ1) is 14.4. The Morgan fingerprint density at radius 3 is 2.42 bits per heavy atom. The van der Waals surface area contributed by atoms with Crippen LogP contribution in [0.2, 0.25) is 0 Å². The molecule has 3 aromatic heterocycles. The smallest absolute Gasteiger partial charge is 0.368 e. The second-order valence-electron chi connectivity index (χ2n) is 5.51. The lowest BCUT2D eigenvalue weighted by molar-refractivity contribution is -0.391. The lowest BCUT2D eigenvalue weighted by Gasteiger charge is -2.36. The SMILES string of the molecule is O=[N+]([O-])c1cnc2ccc(N3CCN(c4ccncc4)CC3)nn12. The maximum Gasteiger partial charge on any atom is 0.368 e. The number of nitro groups is 1. The zero-order valence-corrected chi connectivity index (χ0v) is 12.8. The number of rotatable bonds is 3. The van der Waals surface area contributed by atoms with Crippen molar-refractivity contribution >= 4 is 23.0 Å². The Labute approximate surface area is 137 Å². The van der Waals surface area contributed by atoms with Gasteiger partial charge in [0.2, 0.25) is 5.65 Å². The number of hydrogen-bond acceptors (Lipinski definition) is 7. The summed E-state index contributed by atoms with van der Waals surface area (Å²) in [6.45, 7) is 3.30. The molecular weight excluding hydrogens is 310 g/mol. The van der Waals surface area contributed by atoms with Gasteiger partial charge in [-0.15, -0.1) is 0 Å². The van der Waals surface area contributed by atoms with Crippen molar-refractivity contribution in [3.63, 3.8) is 0 Å². The van der Waals surface area contributed by atoms with Gasteiger partial charge in [-0.1, -0.05) is 9.61 Å². The molecule has 0 N–H and O–H groups in total. The van der Waals surface area contributed by atoms with Crippen LogP contribution in [-0.2, 0) is 0 Å². The highest BCUT2D eigenvalue weighted by atomic mass is 16.6. The zero-order valence-electron chi connectivity index (χ0n) is 12.8. The van der Waals surface area contributed by atoms with E-state index in [-0.39, 0.29) is 5.82 Å². The summed E-state index contributed by atoms with van der Waals surface area (Å²) in [6.07, 6.45) is 4.80. The van der Waals surface area contributed by atoms with E-state index in [1.54, 1.807) is 18.5 Å². The highest BCUT2D eigenvalue weighted by molar-refractivity contribution is 5.51. The molecule has 0 amide bonds. The van der Waals surface area contributed by atoms with Crippen molar-refractivity contribution in [2.75, 3.05) is 36.0 Å². The quantitative estimate of drug-likeness (QED) is 0.530. The van der Waals surface area contributed by atoms with E-state index in [0.717, 1.165) is 37.7 Å². The summed E-state index contributed by atoms with van der Waals surface area (Å²) in [7, 11) is 0. The molecule has 9 heteroatoms. The van der Waals surface area contributed by atoms with Gasteiger partial charge in [-0.2, -0.15) is 0 Å². The van der Waals surface area contributed by atoms with E-state index in [0.29, 0.717) is 5.65 Å². The molecule has 0 saturated carbocycles. The summed E-state index contributed by atoms with van der Waals surface area (Å²) in [5.74, 6) is 0.597. The van der Waals surface area contributed by atoms with Crippen LogP contribution in [0.3, 0.4) is 0 Å². The summed E-state index contributed by atoms with van der Waals surface area (Å²) < 4.78 is 1.28. The molecule has 0 atom stereocenters. The minimum Gasteiger partial charge on any atom is -0.368 e. The monoisotopic (exact) mass is 325 g/mol. The molecule has 0 radical (unpaired) electrons. The molecule has 1 fully saturated rings. The predicted molar refractivity (Wildman–Crippen MR) is 88.3 cm³/mol. The molecule has 0 spiro atoms. The fourth-order valence-electron chi connectivity index (χ4n) is 2.89. The fourth-order valence-corrected chi connectivity index (χ4v) is 2.89. The Balaban J connectivity index is 1.54. The van der Waals surface area contributed by atoms with Crippen molar-refractivity contribution in [3.05, 3.63) is 53.0 Å². The van der Waals surface area contributed by atoms with Crippen LogP contribution in [0.1, 0.15) is 0 Å².